The summed E-state index contributed by atoms with van der Waals surface area (Å²) in [5, 5.41) is 21.4. The highest BCUT2D eigenvalue weighted by Crippen LogP contribution is 2.55. The molecule has 4 aromatic rings. The number of ether oxygens (including phenoxy) is 1. The minimum absolute atomic E-state index is 0.0715. The van der Waals surface area contributed by atoms with E-state index in [1.807, 2.05) is 36.4 Å². The number of aliphatic hydroxyl groups excluding tert-OH is 2. The van der Waals surface area contributed by atoms with Crippen molar-refractivity contribution in [1.82, 2.24) is 19.5 Å². The van der Waals surface area contributed by atoms with E-state index in [-0.39, 0.29) is 16.3 Å². The van der Waals surface area contributed by atoms with Gasteiger partial charge in [0.25, 0.3) is 0 Å². The van der Waals surface area contributed by atoms with Gasteiger partial charge in [-0.25, -0.2) is 4.98 Å². The number of imidazole rings is 1. The van der Waals surface area contributed by atoms with Gasteiger partial charge in [0, 0.05) is 18.5 Å². The highest BCUT2D eigenvalue weighted by molar-refractivity contribution is 7.70. The van der Waals surface area contributed by atoms with Crippen LogP contribution in [0.5, 0.6) is 0 Å². The van der Waals surface area contributed by atoms with Gasteiger partial charge in [0.15, 0.2) is 29.1 Å². The van der Waals surface area contributed by atoms with Crippen LogP contribution in [0.25, 0.3) is 11.2 Å². The Hall–Kier alpha value is -2.74. The van der Waals surface area contributed by atoms with Gasteiger partial charge >= 0.3 is 15.2 Å². The third-order valence-corrected chi connectivity index (χ3v) is 11.6. The molecule has 5 N–H and O–H groups in total. The molecule has 234 valence electrons. The average Bonchev–Trinajstić information content (AvgIpc) is 3.68. The maximum Gasteiger partial charge on any atom is 0.340 e. The summed E-state index contributed by atoms with van der Waals surface area (Å²) in [4.78, 5) is 43.3. The Balaban J connectivity index is 1.28. The van der Waals surface area contributed by atoms with Gasteiger partial charge in [0.2, 0.25) is 5.28 Å². The van der Waals surface area contributed by atoms with Crippen molar-refractivity contribution in [3.8, 4) is 0 Å². The first-order valence-electron chi connectivity index (χ1n) is 13.7. The van der Waals surface area contributed by atoms with Gasteiger partial charge in [-0.2, -0.15) is 9.97 Å². The Kier molecular flexibility index (Phi) is 8.44. The van der Waals surface area contributed by atoms with Crippen LogP contribution >= 0.6 is 26.8 Å². The largest absolute Gasteiger partial charge is 0.387 e. The van der Waals surface area contributed by atoms with Crippen LogP contribution in [0, 0.1) is 0 Å². The lowest BCUT2D eigenvalue weighted by molar-refractivity contribution is -0.0483. The molecule has 0 amide bonds. The molecule has 44 heavy (non-hydrogen) atoms. The van der Waals surface area contributed by atoms with E-state index in [1.54, 1.807) is 0 Å². The Labute approximate surface area is 256 Å². The molecule has 0 spiro atoms. The number of anilines is 1. The molecule has 2 aromatic carbocycles. The SMILES string of the molecule is O=P(O)(O)CP(=O)(O)OC[C@H]1O[C@@H](n2cnc3c(N4CCC(c5ccccc5)(c5ccccc5)C4)nc(Cl)nc32)C(O)[C@H]1O. The predicted molar refractivity (Wildman–Crippen MR) is 159 cm³/mol. The fourth-order valence-corrected chi connectivity index (χ4v) is 8.71. The summed E-state index contributed by atoms with van der Waals surface area (Å²) < 4.78 is 35.2. The molecule has 0 aliphatic carbocycles. The van der Waals surface area contributed by atoms with E-state index in [4.69, 9.17) is 30.6 Å². The minimum atomic E-state index is -4.85. The summed E-state index contributed by atoms with van der Waals surface area (Å²) >= 11 is 6.40. The van der Waals surface area contributed by atoms with Gasteiger partial charge in [-0.15, -0.1) is 0 Å². The Morgan fingerprint density at radius 2 is 1.61 bits per heavy atom. The summed E-state index contributed by atoms with van der Waals surface area (Å²) in [6.07, 6.45) is -3.49. The highest BCUT2D eigenvalue weighted by atomic mass is 35.5. The topological polar surface area (TPSA) is 201 Å². The predicted octanol–water partition coefficient (Wildman–Crippen LogP) is 2.63. The maximum atomic E-state index is 12.1. The monoisotopic (exact) mass is 665 g/mol. The number of halogens is 1. The van der Waals surface area contributed by atoms with Crippen molar-refractivity contribution in [3.05, 3.63) is 83.4 Å². The van der Waals surface area contributed by atoms with Crippen molar-refractivity contribution >= 4 is 43.8 Å². The lowest BCUT2D eigenvalue weighted by Crippen LogP contribution is -2.33. The van der Waals surface area contributed by atoms with Crippen molar-refractivity contribution in [1.29, 1.82) is 0 Å². The molecular formula is C27H30ClN5O9P2. The Morgan fingerprint density at radius 3 is 2.23 bits per heavy atom. The summed E-state index contributed by atoms with van der Waals surface area (Å²) in [7, 11) is -9.56. The summed E-state index contributed by atoms with van der Waals surface area (Å²) in [5.74, 6) is -0.912. The molecule has 5 atom stereocenters. The normalized spacial score (nSPS) is 25.0. The van der Waals surface area contributed by atoms with Gasteiger partial charge in [-0.05, 0) is 29.1 Å². The maximum absolute atomic E-state index is 12.1. The molecule has 17 heteroatoms. The van der Waals surface area contributed by atoms with Gasteiger partial charge in [-0.3, -0.25) is 13.7 Å². The van der Waals surface area contributed by atoms with Crippen LogP contribution in [0.2, 0.25) is 5.28 Å². The van der Waals surface area contributed by atoms with E-state index >= 15 is 0 Å². The number of nitrogens with zero attached hydrogens (tertiary/aromatic N) is 5. The van der Waals surface area contributed by atoms with E-state index in [0.29, 0.717) is 24.4 Å². The second-order valence-electron chi connectivity index (χ2n) is 10.9. The lowest BCUT2D eigenvalue weighted by atomic mass is 9.74. The second-order valence-corrected chi connectivity index (χ2v) is 15.2. The highest BCUT2D eigenvalue weighted by Gasteiger charge is 2.46. The average molecular weight is 666 g/mol. The van der Waals surface area contributed by atoms with Crippen molar-refractivity contribution in [2.75, 3.05) is 30.5 Å². The van der Waals surface area contributed by atoms with Crippen LogP contribution in [-0.4, -0.2) is 88.3 Å². The Bertz CT molecular complexity index is 1700. The van der Waals surface area contributed by atoms with Gasteiger partial charge in [-0.1, -0.05) is 60.7 Å². The minimum Gasteiger partial charge on any atom is -0.387 e. The second kappa shape index (κ2) is 11.9. The first-order chi connectivity index (χ1) is 20.9. The van der Waals surface area contributed by atoms with Crippen molar-refractivity contribution < 1.29 is 43.3 Å². The van der Waals surface area contributed by atoms with E-state index in [0.717, 1.165) is 17.5 Å². The number of hydrogen-bond donors (Lipinski definition) is 5. The molecule has 2 aliphatic heterocycles. The number of rotatable bonds is 9. The zero-order valence-electron chi connectivity index (χ0n) is 23.1. The van der Waals surface area contributed by atoms with Crippen molar-refractivity contribution in [3.63, 3.8) is 0 Å². The first kappa shape index (κ1) is 31.3. The number of aromatic nitrogens is 4. The molecule has 2 aliphatic rings. The number of benzene rings is 2. The van der Waals surface area contributed by atoms with E-state index in [9.17, 15) is 24.2 Å². The molecule has 6 rings (SSSR count). The third-order valence-electron chi connectivity index (χ3n) is 8.01. The molecule has 2 unspecified atom stereocenters. The molecular weight excluding hydrogens is 636 g/mol. The van der Waals surface area contributed by atoms with E-state index < -0.39 is 52.2 Å². The van der Waals surface area contributed by atoms with E-state index in [1.165, 1.54) is 10.9 Å². The van der Waals surface area contributed by atoms with Crippen LogP contribution in [0.1, 0.15) is 23.8 Å². The molecule has 0 saturated carbocycles. The van der Waals surface area contributed by atoms with E-state index in [2.05, 4.69) is 44.1 Å². The molecule has 2 fully saturated rings. The quantitative estimate of drug-likeness (QED) is 0.129. The Morgan fingerprint density at radius 1 is 0.977 bits per heavy atom. The van der Waals surface area contributed by atoms with Crippen LogP contribution in [0.3, 0.4) is 0 Å². The number of fused-ring (bicyclic) bond motifs is 1. The summed E-state index contributed by atoms with van der Waals surface area (Å²) in [6, 6.07) is 20.5. The van der Waals surface area contributed by atoms with Crippen LogP contribution in [0.4, 0.5) is 5.82 Å². The standard InChI is InChI=1S/C27H30ClN5O9P2/c28-26-30-23(32-12-11-27(14-32,17-7-3-1-4-8-17)18-9-5-2-6-10-18)20-24(31-26)33(15-29-20)25-22(35)21(34)19(42-25)13-41-44(39,40)16-43(36,37)38/h1-10,15,19,21-22,25,34-35H,11-14,16H2,(H,39,40)(H2,36,37,38)/t19-,21+,22?,25-/m1/s1. The first-order valence-corrected chi connectivity index (χ1v) is 17.6. The molecule has 0 bridgehead atoms. The number of hydrogen-bond acceptors (Lipinski definition) is 10. The molecule has 2 saturated heterocycles. The van der Waals surface area contributed by atoms with Crippen LogP contribution in [-0.2, 0) is 23.8 Å². The smallest absolute Gasteiger partial charge is 0.340 e. The van der Waals surface area contributed by atoms with Gasteiger partial charge in [0.05, 0.1) is 12.9 Å². The fourth-order valence-electron chi connectivity index (χ4n) is 5.99. The summed E-state index contributed by atoms with van der Waals surface area (Å²) in [6.45, 7) is 0.493. The zero-order valence-corrected chi connectivity index (χ0v) is 25.6. The van der Waals surface area contributed by atoms with Gasteiger partial charge < -0.3 is 39.1 Å². The molecule has 2 aromatic heterocycles. The molecule has 0 radical (unpaired) electrons. The molecule has 14 nitrogen and oxygen atoms in total. The molecule has 4 heterocycles. The zero-order chi connectivity index (χ0) is 31.3. The number of aliphatic hydroxyl groups is 2. The lowest BCUT2D eigenvalue weighted by Gasteiger charge is -2.31. The van der Waals surface area contributed by atoms with Crippen LogP contribution in [0.15, 0.2) is 67.0 Å². The van der Waals surface area contributed by atoms with Crippen LogP contribution < -0.4 is 4.90 Å². The van der Waals surface area contributed by atoms with Crippen molar-refractivity contribution in [2.24, 2.45) is 0 Å². The third kappa shape index (κ3) is 6.08. The van der Waals surface area contributed by atoms with Gasteiger partial charge in [0.1, 0.15) is 18.3 Å². The summed E-state index contributed by atoms with van der Waals surface area (Å²) in [5.41, 5.74) is 2.60. The fraction of sp³-hybridized carbons (Fsp3) is 0.370. The van der Waals surface area contributed by atoms with Crippen molar-refractivity contribution in [2.45, 2.75) is 36.4 Å².